The lowest BCUT2D eigenvalue weighted by atomic mass is 9.78. The molecule has 0 spiro atoms. The highest BCUT2D eigenvalue weighted by atomic mass is 16.5. The van der Waals surface area contributed by atoms with Gasteiger partial charge >= 0.3 is 0 Å². The van der Waals surface area contributed by atoms with Gasteiger partial charge in [0.2, 0.25) is 0 Å². The summed E-state index contributed by atoms with van der Waals surface area (Å²) in [6.45, 7) is 5.85. The number of para-hydroxylation sites is 2. The van der Waals surface area contributed by atoms with Crippen molar-refractivity contribution < 1.29 is 14.6 Å². The van der Waals surface area contributed by atoms with Crippen molar-refractivity contribution in [3.05, 3.63) is 47.9 Å². The maximum absolute atomic E-state index is 10.8. The fourth-order valence-electron chi connectivity index (χ4n) is 5.20. The fraction of sp³-hybridized carbons (Fsp3) is 0.458. The summed E-state index contributed by atoms with van der Waals surface area (Å²) in [5, 5.41) is 11.8. The number of ether oxygens (including phenoxy) is 2. The van der Waals surface area contributed by atoms with Crippen LogP contribution in [-0.4, -0.2) is 52.5 Å². The number of benzene rings is 1. The minimum absolute atomic E-state index is 0.245. The van der Waals surface area contributed by atoms with Gasteiger partial charge < -0.3 is 19.5 Å². The number of pyridine rings is 1. The third-order valence-electron chi connectivity index (χ3n) is 6.64. The monoisotopic (exact) mass is 420 g/mol. The van der Waals surface area contributed by atoms with Crippen LogP contribution >= 0.6 is 0 Å². The van der Waals surface area contributed by atoms with E-state index in [9.17, 15) is 5.11 Å². The van der Waals surface area contributed by atoms with Crippen LogP contribution < -0.4 is 14.4 Å². The first kappa shape index (κ1) is 20.0. The van der Waals surface area contributed by atoms with Crippen molar-refractivity contribution in [2.45, 2.75) is 38.9 Å². The van der Waals surface area contributed by atoms with Gasteiger partial charge in [0.05, 0.1) is 18.6 Å². The van der Waals surface area contributed by atoms with Crippen LogP contribution in [0.1, 0.15) is 24.1 Å². The van der Waals surface area contributed by atoms with Crippen LogP contribution in [0.4, 0.5) is 5.82 Å². The number of rotatable bonds is 4. The van der Waals surface area contributed by atoms with Crippen molar-refractivity contribution in [1.29, 1.82) is 0 Å². The van der Waals surface area contributed by atoms with Gasteiger partial charge in [0.15, 0.2) is 17.1 Å². The van der Waals surface area contributed by atoms with E-state index in [1.54, 1.807) is 13.4 Å². The Balaban J connectivity index is 1.37. The number of aliphatic hydroxyl groups is 1. The van der Waals surface area contributed by atoms with E-state index < -0.39 is 6.10 Å². The summed E-state index contributed by atoms with van der Waals surface area (Å²) in [6.07, 6.45) is 2.39. The van der Waals surface area contributed by atoms with Crippen LogP contribution in [0, 0.1) is 25.7 Å². The van der Waals surface area contributed by atoms with E-state index in [1.165, 1.54) is 0 Å². The summed E-state index contributed by atoms with van der Waals surface area (Å²) in [5.74, 6) is 3.17. The normalized spacial score (nSPS) is 25.5. The molecular weight excluding hydrogens is 392 g/mol. The van der Waals surface area contributed by atoms with Crippen LogP contribution in [0.5, 0.6) is 11.5 Å². The third-order valence-corrected chi connectivity index (χ3v) is 6.64. The number of hydrogen-bond donors (Lipinski definition) is 1. The van der Waals surface area contributed by atoms with Gasteiger partial charge in [0.1, 0.15) is 18.2 Å². The highest BCUT2D eigenvalue weighted by molar-refractivity contribution is 5.90. The van der Waals surface area contributed by atoms with E-state index in [2.05, 4.69) is 32.8 Å². The third kappa shape index (κ3) is 3.67. The summed E-state index contributed by atoms with van der Waals surface area (Å²) in [5.41, 5.74) is 2.85. The Morgan fingerprint density at radius 3 is 2.55 bits per heavy atom. The van der Waals surface area contributed by atoms with Gasteiger partial charge in [-0.05, 0) is 62.3 Å². The Kier molecular flexibility index (Phi) is 5.14. The molecule has 7 heteroatoms. The van der Waals surface area contributed by atoms with Crippen molar-refractivity contribution in [3.8, 4) is 11.5 Å². The lowest BCUT2D eigenvalue weighted by Crippen LogP contribution is -2.42. The molecule has 162 valence electrons. The zero-order valence-electron chi connectivity index (χ0n) is 18.2. The predicted octanol–water partition coefficient (Wildman–Crippen LogP) is 3.30. The number of fused-ring (bicyclic) bond motifs is 2. The number of nitrogens with zero attached hydrogens (tertiary/aromatic N) is 4. The Bertz CT molecular complexity index is 1110. The predicted molar refractivity (Wildman–Crippen MR) is 119 cm³/mol. The minimum atomic E-state index is -0.501. The van der Waals surface area contributed by atoms with E-state index in [-0.39, 0.29) is 6.10 Å². The van der Waals surface area contributed by atoms with Gasteiger partial charge in [0, 0.05) is 18.8 Å². The summed E-state index contributed by atoms with van der Waals surface area (Å²) in [6, 6.07) is 9.69. The first-order valence-corrected chi connectivity index (χ1v) is 10.8. The smallest absolute Gasteiger partial charge is 0.165 e. The Morgan fingerprint density at radius 1 is 1.03 bits per heavy atom. The molecule has 1 saturated heterocycles. The number of hydrogen-bond acceptors (Lipinski definition) is 7. The molecule has 2 fully saturated rings. The minimum Gasteiger partial charge on any atom is -0.493 e. The number of aromatic nitrogens is 3. The zero-order chi connectivity index (χ0) is 21.5. The zero-order valence-corrected chi connectivity index (χ0v) is 18.2. The van der Waals surface area contributed by atoms with Gasteiger partial charge in [-0.3, -0.25) is 0 Å². The van der Waals surface area contributed by atoms with Crippen LogP contribution in [0.2, 0.25) is 0 Å². The van der Waals surface area contributed by atoms with Crippen LogP contribution in [0.15, 0.2) is 36.7 Å². The quantitative estimate of drug-likeness (QED) is 0.694. The van der Waals surface area contributed by atoms with Crippen LogP contribution in [0.25, 0.3) is 11.0 Å². The average molecular weight is 421 g/mol. The first-order valence-electron chi connectivity index (χ1n) is 10.8. The molecule has 1 aliphatic carbocycles. The van der Waals surface area contributed by atoms with E-state index in [0.717, 1.165) is 54.0 Å². The van der Waals surface area contributed by atoms with Gasteiger partial charge in [-0.25, -0.2) is 15.0 Å². The van der Waals surface area contributed by atoms with E-state index in [4.69, 9.17) is 9.47 Å². The molecule has 0 bridgehead atoms. The lowest BCUT2D eigenvalue weighted by Gasteiger charge is -2.35. The molecule has 0 radical (unpaired) electrons. The number of aliphatic hydroxyl groups excluding tert-OH is 1. The first-order chi connectivity index (χ1) is 15.0. The Morgan fingerprint density at radius 2 is 1.77 bits per heavy atom. The van der Waals surface area contributed by atoms with E-state index >= 15 is 0 Å². The second-order valence-corrected chi connectivity index (χ2v) is 8.75. The molecule has 3 heterocycles. The molecule has 0 amide bonds. The Hall–Kier alpha value is -2.93. The van der Waals surface area contributed by atoms with E-state index in [1.807, 2.05) is 31.2 Å². The van der Waals surface area contributed by atoms with Crippen molar-refractivity contribution in [2.75, 3.05) is 25.1 Å². The van der Waals surface area contributed by atoms with Crippen molar-refractivity contribution in [3.63, 3.8) is 0 Å². The molecule has 1 N–H and O–H groups in total. The Labute approximate surface area is 182 Å². The maximum Gasteiger partial charge on any atom is 0.165 e. The second kappa shape index (κ2) is 7.96. The summed E-state index contributed by atoms with van der Waals surface area (Å²) < 4.78 is 11.6. The molecule has 7 nitrogen and oxygen atoms in total. The summed E-state index contributed by atoms with van der Waals surface area (Å²) in [7, 11) is 1.63. The summed E-state index contributed by atoms with van der Waals surface area (Å²) in [4.78, 5) is 16.0. The molecule has 0 unspecified atom stereocenters. The summed E-state index contributed by atoms with van der Waals surface area (Å²) >= 11 is 0. The average Bonchev–Trinajstić information content (AvgIpc) is 3.16. The molecule has 1 aliphatic heterocycles. The van der Waals surface area contributed by atoms with Crippen molar-refractivity contribution in [1.82, 2.24) is 15.0 Å². The standard InChI is InChI=1S/C24H28N4O3/c1-14-8-15(2)27-23-22(14)24(26-13-25-23)28-11-16-9-18(29)21(10-17(16)12-28)31-20-7-5-4-6-19(20)30-3/h4-8,13,16-18,21,29H,9-12H2,1-3H3/t16-,17+,18+,21+/m0/s1. The highest BCUT2D eigenvalue weighted by Gasteiger charge is 2.43. The number of anilines is 1. The molecule has 5 rings (SSSR count). The van der Waals surface area contributed by atoms with Gasteiger partial charge in [-0.15, -0.1) is 0 Å². The molecule has 1 aromatic carbocycles. The molecular formula is C24H28N4O3. The van der Waals surface area contributed by atoms with Crippen molar-refractivity contribution in [2.24, 2.45) is 11.8 Å². The van der Waals surface area contributed by atoms with Gasteiger partial charge in [-0.2, -0.15) is 0 Å². The molecule has 2 aromatic heterocycles. The van der Waals surface area contributed by atoms with Gasteiger partial charge in [0.25, 0.3) is 0 Å². The molecule has 31 heavy (non-hydrogen) atoms. The molecule has 3 aromatic rings. The van der Waals surface area contributed by atoms with Crippen LogP contribution in [0.3, 0.4) is 0 Å². The largest absolute Gasteiger partial charge is 0.493 e. The SMILES string of the molecule is COc1ccccc1O[C@@H]1C[C@@H]2CN(c3ncnc4nc(C)cc(C)c34)C[C@@H]2C[C@H]1O. The highest BCUT2D eigenvalue weighted by Crippen LogP contribution is 2.41. The maximum atomic E-state index is 10.8. The topological polar surface area (TPSA) is 80.6 Å². The van der Waals surface area contributed by atoms with Crippen LogP contribution in [-0.2, 0) is 0 Å². The number of methoxy groups -OCH3 is 1. The molecule has 4 atom stereocenters. The lowest BCUT2D eigenvalue weighted by molar-refractivity contribution is -0.0240. The molecule has 2 aliphatic rings. The molecule has 1 saturated carbocycles. The fourth-order valence-corrected chi connectivity index (χ4v) is 5.20. The number of aryl methyl sites for hydroxylation is 2. The van der Waals surface area contributed by atoms with Crippen molar-refractivity contribution >= 4 is 16.9 Å². The van der Waals surface area contributed by atoms with Gasteiger partial charge in [-0.1, -0.05) is 12.1 Å². The van der Waals surface area contributed by atoms with E-state index in [0.29, 0.717) is 23.3 Å². The second-order valence-electron chi connectivity index (χ2n) is 8.75.